The number of hydrogen-bond donors (Lipinski definition) is 3. The third-order valence-electron chi connectivity index (χ3n) is 5.58. The van der Waals surface area contributed by atoms with Crippen LogP contribution in [0.1, 0.15) is 44.2 Å². The summed E-state index contributed by atoms with van der Waals surface area (Å²) in [6.07, 6.45) is -2.51. The quantitative estimate of drug-likeness (QED) is 0.415. The van der Waals surface area contributed by atoms with Crippen LogP contribution in [0.3, 0.4) is 0 Å². The standard InChI is InChI=1S/C22H27ClN2O3S.C2HF3O2/c1-15(2)10-13-24-21(26)22(11-12-22)17-5-7-18(8-6-17)25-29(27,28)19-9-4-16(3)20(23)14-19;3-2(4,5)1(6)7/h4-9,14-15,25H,10-13H2,1-3H3,(H,24,26);(H,6,7). The third kappa shape index (κ3) is 7.86. The summed E-state index contributed by atoms with van der Waals surface area (Å²) in [5.74, 6) is -2.16. The number of nitrogens with one attached hydrogen (secondary N) is 2. The van der Waals surface area contributed by atoms with Gasteiger partial charge in [-0.1, -0.05) is 43.6 Å². The van der Waals surface area contributed by atoms with Crippen molar-refractivity contribution < 1.29 is 36.3 Å². The van der Waals surface area contributed by atoms with Gasteiger partial charge in [-0.25, -0.2) is 13.2 Å². The Kier molecular flexibility index (Phi) is 9.41. The van der Waals surface area contributed by atoms with Gasteiger partial charge in [-0.3, -0.25) is 9.52 Å². The number of carbonyl (C=O) groups excluding carboxylic acids is 1. The van der Waals surface area contributed by atoms with Crippen LogP contribution in [-0.4, -0.2) is 38.1 Å². The zero-order valence-electron chi connectivity index (χ0n) is 19.9. The topological polar surface area (TPSA) is 113 Å². The molecule has 3 rings (SSSR count). The van der Waals surface area contributed by atoms with Crippen LogP contribution in [0.25, 0.3) is 0 Å². The number of benzene rings is 2. The van der Waals surface area contributed by atoms with Crippen molar-refractivity contribution in [2.75, 3.05) is 11.3 Å². The SMILES string of the molecule is Cc1ccc(S(=O)(=O)Nc2ccc(C3(C(=O)NCCC(C)C)CC3)cc2)cc1Cl.O=C(O)C(F)(F)F. The van der Waals surface area contributed by atoms with Crippen molar-refractivity contribution in [1.82, 2.24) is 5.32 Å². The Morgan fingerprint density at radius 2 is 1.67 bits per heavy atom. The van der Waals surface area contributed by atoms with Crippen LogP contribution in [0, 0.1) is 12.8 Å². The lowest BCUT2D eigenvalue weighted by Gasteiger charge is -2.17. The van der Waals surface area contributed by atoms with Crippen LogP contribution in [0.15, 0.2) is 47.4 Å². The predicted molar refractivity (Wildman–Crippen MR) is 131 cm³/mol. The maximum atomic E-state index is 12.6. The monoisotopic (exact) mass is 548 g/mol. The zero-order chi connectivity index (χ0) is 27.3. The number of halogens is 4. The maximum absolute atomic E-state index is 12.6. The van der Waals surface area contributed by atoms with E-state index in [0.29, 0.717) is 23.2 Å². The number of aryl methyl sites for hydroxylation is 1. The van der Waals surface area contributed by atoms with Crippen LogP contribution in [0.4, 0.5) is 18.9 Å². The van der Waals surface area contributed by atoms with Crippen molar-refractivity contribution in [2.45, 2.75) is 56.5 Å². The van der Waals surface area contributed by atoms with E-state index in [0.717, 1.165) is 30.4 Å². The first-order chi connectivity index (χ1) is 16.6. The van der Waals surface area contributed by atoms with Gasteiger partial charge in [0.2, 0.25) is 5.91 Å². The molecule has 7 nitrogen and oxygen atoms in total. The van der Waals surface area contributed by atoms with E-state index in [-0.39, 0.29) is 10.8 Å². The van der Waals surface area contributed by atoms with Crippen molar-refractivity contribution in [3.05, 3.63) is 58.6 Å². The van der Waals surface area contributed by atoms with Gasteiger partial charge in [-0.2, -0.15) is 13.2 Å². The van der Waals surface area contributed by atoms with Crippen molar-refractivity contribution in [2.24, 2.45) is 5.92 Å². The highest BCUT2D eigenvalue weighted by atomic mass is 35.5. The number of hydrogen-bond acceptors (Lipinski definition) is 4. The van der Waals surface area contributed by atoms with E-state index in [1.54, 1.807) is 18.2 Å². The molecule has 0 aliphatic heterocycles. The van der Waals surface area contributed by atoms with Crippen LogP contribution >= 0.6 is 11.6 Å². The molecule has 12 heteroatoms. The van der Waals surface area contributed by atoms with Gasteiger partial charge in [0.15, 0.2) is 0 Å². The molecular formula is C24H28ClF3N2O5S. The second-order valence-corrected chi connectivity index (χ2v) is 11.0. The van der Waals surface area contributed by atoms with Gasteiger partial charge < -0.3 is 10.4 Å². The number of amides is 1. The molecule has 3 N–H and O–H groups in total. The number of carboxylic acid groups (broad SMARTS) is 1. The fourth-order valence-corrected chi connectivity index (χ4v) is 4.56. The number of rotatable bonds is 8. The summed E-state index contributed by atoms with van der Waals surface area (Å²) in [5.41, 5.74) is 1.71. The molecule has 0 saturated heterocycles. The van der Waals surface area contributed by atoms with Crippen molar-refractivity contribution in [3.63, 3.8) is 0 Å². The Morgan fingerprint density at radius 1 is 1.11 bits per heavy atom. The lowest BCUT2D eigenvalue weighted by molar-refractivity contribution is -0.192. The maximum Gasteiger partial charge on any atom is 0.490 e. The van der Waals surface area contributed by atoms with Crippen LogP contribution in [0.5, 0.6) is 0 Å². The average Bonchev–Trinajstić information content (AvgIpc) is 3.57. The summed E-state index contributed by atoms with van der Waals surface area (Å²) in [7, 11) is -3.74. The first-order valence-electron chi connectivity index (χ1n) is 11.1. The molecule has 0 atom stereocenters. The lowest BCUT2D eigenvalue weighted by atomic mass is 9.94. The zero-order valence-corrected chi connectivity index (χ0v) is 21.5. The summed E-state index contributed by atoms with van der Waals surface area (Å²) in [6, 6.07) is 11.7. The van der Waals surface area contributed by atoms with Gasteiger partial charge >= 0.3 is 12.1 Å². The Morgan fingerprint density at radius 3 is 2.11 bits per heavy atom. The highest BCUT2D eigenvalue weighted by Crippen LogP contribution is 2.48. The fraction of sp³-hybridized carbons (Fsp3) is 0.417. The Hall–Kier alpha value is -2.79. The third-order valence-corrected chi connectivity index (χ3v) is 7.36. The first kappa shape index (κ1) is 29.4. The normalized spacial score (nSPS) is 14.4. The molecule has 2 aromatic carbocycles. The molecule has 0 unspecified atom stereocenters. The van der Waals surface area contributed by atoms with E-state index in [9.17, 15) is 26.4 Å². The highest BCUT2D eigenvalue weighted by Gasteiger charge is 2.51. The smallest absolute Gasteiger partial charge is 0.475 e. The van der Waals surface area contributed by atoms with Crippen molar-refractivity contribution in [1.29, 1.82) is 0 Å². The Labute approximate surface area is 213 Å². The van der Waals surface area contributed by atoms with E-state index in [4.69, 9.17) is 21.5 Å². The molecule has 1 aliphatic rings. The van der Waals surface area contributed by atoms with Gasteiger partial charge in [0.05, 0.1) is 10.3 Å². The Balaban J connectivity index is 0.000000572. The number of carbonyl (C=O) groups is 2. The number of alkyl halides is 3. The van der Waals surface area contributed by atoms with E-state index < -0.39 is 27.6 Å². The van der Waals surface area contributed by atoms with Gasteiger partial charge in [0, 0.05) is 17.3 Å². The van der Waals surface area contributed by atoms with Crippen LogP contribution in [-0.2, 0) is 25.0 Å². The number of anilines is 1. The summed E-state index contributed by atoms with van der Waals surface area (Å²) < 4.78 is 59.5. The molecule has 36 heavy (non-hydrogen) atoms. The lowest BCUT2D eigenvalue weighted by Crippen LogP contribution is -2.35. The fourth-order valence-electron chi connectivity index (χ4n) is 3.23. The van der Waals surface area contributed by atoms with E-state index in [1.165, 1.54) is 12.1 Å². The van der Waals surface area contributed by atoms with Crippen molar-refractivity contribution in [3.8, 4) is 0 Å². The highest BCUT2D eigenvalue weighted by molar-refractivity contribution is 7.92. The molecule has 1 fully saturated rings. The molecular weight excluding hydrogens is 521 g/mol. The van der Waals surface area contributed by atoms with E-state index in [2.05, 4.69) is 23.9 Å². The van der Waals surface area contributed by atoms with Gasteiger partial charge in [0.25, 0.3) is 10.0 Å². The summed E-state index contributed by atoms with van der Waals surface area (Å²) in [6.45, 7) is 6.75. The first-order valence-corrected chi connectivity index (χ1v) is 12.9. The molecule has 198 valence electrons. The minimum Gasteiger partial charge on any atom is -0.475 e. The van der Waals surface area contributed by atoms with Gasteiger partial charge in [-0.15, -0.1) is 0 Å². The molecule has 0 bridgehead atoms. The molecule has 0 spiro atoms. The largest absolute Gasteiger partial charge is 0.490 e. The molecule has 1 saturated carbocycles. The molecule has 0 heterocycles. The van der Waals surface area contributed by atoms with Crippen LogP contribution in [0.2, 0.25) is 5.02 Å². The molecule has 1 amide bonds. The summed E-state index contributed by atoms with van der Waals surface area (Å²) >= 11 is 6.05. The van der Waals surface area contributed by atoms with E-state index >= 15 is 0 Å². The van der Waals surface area contributed by atoms with E-state index in [1.807, 2.05) is 19.1 Å². The van der Waals surface area contributed by atoms with Gasteiger partial charge in [0.1, 0.15) is 0 Å². The molecule has 2 aromatic rings. The van der Waals surface area contributed by atoms with Crippen LogP contribution < -0.4 is 10.0 Å². The minimum absolute atomic E-state index is 0.0563. The summed E-state index contributed by atoms with van der Waals surface area (Å²) in [5, 5.41) is 10.6. The number of carboxylic acids is 1. The predicted octanol–water partition coefficient (Wildman–Crippen LogP) is 5.28. The second-order valence-electron chi connectivity index (χ2n) is 8.92. The molecule has 1 aliphatic carbocycles. The second kappa shape index (κ2) is 11.5. The number of aliphatic carboxylic acids is 1. The molecule has 0 aromatic heterocycles. The summed E-state index contributed by atoms with van der Waals surface area (Å²) in [4.78, 5) is 21.6. The van der Waals surface area contributed by atoms with Crippen molar-refractivity contribution >= 4 is 39.2 Å². The Bertz CT molecular complexity index is 1200. The number of sulfonamides is 1. The minimum atomic E-state index is -5.08. The average molecular weight is 549 g/mol. The van der Waals surface area contributed by atoms with Gasteiger partial charge in [-0.05, 0) is 67.5 Å². The molecule has 0 radical (unpaired) electrons.